The molecular formula is C13H13FN2O2. The van der Waals surface area contributed by atoms with Crippen molar-refractivity contribution in [1.29, 1.82) is 0 Å². The van der Waals surface area contributed by atoms with Crippen LogP contribution in [0, 0.1) is 11.7 Å². The van der Waals surface area contributed by atoms with E-state index in [2.05, 4.69) is 5.32 Å². The largest absolute Gasteiger partial charge is 0.372 e. The average Bonchev–Trinajstić information content (AvgIpc) is 3.08. The highest BCUT2D eigenvalue weighted by Crippen LogP contribution is 2.34. The van der Waals surface area contributed by atoms with Crippen LogP contribution in [0.1, 0.15) is 23.2 Å². The fourth-order valence-corrected chi connectivity index (χ4v) is 2.23. The summed E-state index contributed by atoms with van der Waals surface area (Å²) in [7, 11) is 1.82. The number of Topliss-reactive ketones (excluding diaryl/α,β-unsaturated/α-hetero) is 1. The van der Waals surface area contributed by atoms with Gasteiger partial charge in [0.25, 0.3) is 11.7 Å². The van der Waals surface area contributed by atoms with Crippen molar-refractivity contribution in [3.05, 3.63) is 23.5 Å². The second kappa shape index (κ2) is 3.80. The zero-order valence-electron chi connectivity index (χ0n) is 10.00. The second-order valence-corrected chi connectivity index (χ2v) is 4.96. The molecule has 1 fully saturated rings. The SMILES string of the molecule is CN(CC1CC1)c1cc2c(cc1F)C(=O)C(=O)N2. The summed E-state index contributed by atoms with van der Waals surface area (Å²) in [4.78, 5) is 24.5. The van der Waals surface area contributed by atoms with Crippen LogP contribution in [0.4, 0.5) is 15.8 Å². The zero-order valence-corrected chi connectivity index (χ0v) is 10.00. The van der Waals surface area contributed by atoms with Crippen LogP contribution in [0.25, 0.3) is 0 Å². The van der Waals surface area contributed by atoms with Crippen LogP contribution in [-0.2, 0) is 4.79 Å². The number of amides is 1. The molecule has 0 spiro atoms. The Morgan fingerprint density at radius 3 is 2.78 bits per heavy atom. The Bertz CT molecular complexity index is 552. The second-order valence-electron chi connectivity index (χ2n) is 4.96. The van der Waals surface area contributed by atoms with E-state index in [1.807, 2.05) is 11.9 Å². The Hall–Kier alpha value is -1.91. The topological polar surface area (TPSA) is 49.4 Å². The summed E-state index contributed by atoms with van der Waals surface area (Å²) in [5.74, 6) is -1.17. The number of hydrogen-bond donors (Lipinski definition) is 1. The van der Waals surface area contributed by atoms with Gasteiger partial charge in [-0.3, -0.25) is 9.59 Å². The summed E-state index contributed by atoms with van der Waals surface area (Å²) in [5.41, 5.74) is 0.959. The van der Waals surface area contributed by atoms with Crippen molar-refractivity contribution in [2.45, 2.75) is 12.8 Å². The Morgan fingerprint density at radius 2 is 2.11 bits per heavy atom. The maximum absolute atomic E-state index is 13.9. The molecule has 1 heterocycles. The number of carbonyl (C=O) groups excluding carboxylic acids is 2. The van der Waals surface area contributed by atoms with Gasteiger partial charge in [0.15, 0.2) is 0 Å². The van der Waals surface area contributed by atoms with Gasteiger partial charge in [-0.15, -0.1) is 0 Å². The number of nitrogens with zero attached hydrogens (tertiary/aromatic N) is 1. The molecule has 2 aliphatic rings. The molecule has 1 amide bonds. The number of anilines is 2. The van der Waals surface area contributed by atoms with E-state index in [4.69, 9.17) is 0 Å². The summed E-state index contributed by atoms with van der Waals surface area (Å²) < 4.78 is 13.9. The summed E-state index contributed by atoms with van der Waals surface area (Å²) in [5, 5.41) is 2.46. The molecule has 1 aliphatic carbocycles. The molecule has 0 bridgehead atoms. The summed E-state index contributed by atoms with van der Waals surface area (Å²) >= 11 is 0. The van der Waals surface area contributed by atoms with E-state index >= 15 is 0 Å². The predicted molar refractivity (Wildman–Crippen MR) is 65.4 cm³/mol. The highest BCUT2D eigenvalue weighted by Gasteiger charge is 2.31. The first-order chi connectivity index (χ1) is 8.56. The van der Waals surface area contributed by atoms with Gasteiger partial charge in [-0.1, -0.05) is 0 Å². The van der Waals surface area contributed by atoms with E-state index in [0.29, 0.717) is 17.3 Å². The van der Waals surface area contributed by atoms with Gasteiger partial charge in [0.2, 0.25) is 0 Å². The third kappa shape index (κ3) is 1.75. The number of rotatable bonds is 3. The maximum atomic E-state index is 13.9. The van der Waals surface area contributed by atoms with Crippen LogP contribution >= 0.6 is 0 Å². The number of hydrogen-bond acceptors (Lipinski definition) is 3. The molecule has 18 heavy (non-hydrogen) atoms. The lowest BCUT2D eigenvalue weighted by molar-refractivity contribution is -0.112. The summed E-state index contributed by atoms with van der Waals surface area (Å²) in [6.07, 6.45) is 2.37. The fraction of sp³-hybridized carbons (Fsp3) is 0.385. The molecule has 0 saturated heterocycles. The van der Waals surface area contributed by atoms with Crippen LogP contribution in [0.15, 0.2) is 12.1 Å². The normalized spacial score (nSPS) is 17.7. The monoisotopic (exact) mass is 248 g/mol. The number of fused-ring (bicyclic) bond motifs is 1. The van der Waals surface area contributed by atoms with E-state index in [9.17, 15) is 14.0 Å². The Labute approximate surface area is 104 Å². The molecule has 4 nitrogen and oxygen atoms in total. The molecule has 1 aromatic carbocycles. The lowest BCUT2D eigenvalue weighted by atomic mass is 10.1. The van der Waals surface area contributed by atoms with Gasteiger partial charge in [0, 0.05) is 13.6 Å². The van der Waals surface area contributed by atoms with Crippen molar-refractivity contribution in [3.8, 4) is 0 Å². The van der Waals surface area contributed by atoms with E-state index < -0.39 is 17.5 Å². The minimum atomic E-state index is -0.689. The quantitative estimate of drug-likeness (QED) is 0.830. The Morgan fingerprint density at radius 1 is 1.39 bits per heavy atom. The first-order valence-electron chi connectivity index (χ1n) is 5.96. The Kier molecular flexibility index (Phi) is 2.36. The number of ketones is 1. The third-order valence-electron chi connectivity index (χ3n) is 3.43. The molecule has 0 unspecified atom stereocenters. The highest BCUT2D eigenvalue weighted by molar-refractivity contribution is 6.51. The molecule has 0 radical (unpaired) electrons. The minimum absolute atomic E-state index is 0.126. The molecule has 1 saturated carbocycles. The van der Waals surface area contributed by atoms with E-state index in [1.54, 1.807) is 0 Å². The van der Waals surface area contributed by atoms with Crippen molar-refractivity contribution in [2.24, 2.45) is 5.92 Å². The molecule has 0 atom stereocenters. The summed E-state index contributed by atoms with van der Waals surface area (Å²) in [6.45, 7) is 0.803. The van der Waals surface area contributed by atoms with Gasteiger partial charge >= 0.3 is 0 Å². The maximum Gasteiger partial charge on any atom is 0.296 e. The number of carbonyl (C=O) groups is 2. The van der Waals surface area contributed by atoms with E-state index in [-0.39, 0.29) is 5.56 Å². The zero-order chi connectivity index (χ0) is 12.9. The predicted octanol–water partition coefficient (Wildman–Crippen LogP) is 1.81. The molecule has 1 aromatic rings. The van der Waals surface area contributed by atoms with Crippen LogP contribution in [-0.4, -0.2) is 25.3 Å². The smallest absolute Gasteiger partial charge is 0.296 e. The van der Waals surface area contributed by atoms with Gasteiger partial charge < -0.3 is 10.2 Å². The van der Waals surface area contributed by atoms with Crippen LogP contribution in [0.3, 0.4) is 0 Å². The van der Waals surface area contributed by atoms with Gasteiger partial charge in [0.1, 0.15) is 5.82 Å². The molecule has 0 aromatic heterocycles. The number of halogens is 1. The van der Waals surface area contributed by atoms with Gasteiger partial charge in [-0.25, -0.2) is 4.39 Å². The number of benzene rings is 1. The van der Waals surface area contributed by atoms with Crippen molar-refractivity contribution in [1.82, 2.24) is 0 Å². The standard InChI is InChI=1S/C13H13FN2O2/c1-16(6-7-2-3-7)11-5-10-8(4-9(11)14)12(17)13(18)15-10/h4-5,7H,2-3,6H2,1H3,(H,15,17,18). The van der Waals surface area contributed by atoms with Crippen LogP contribution in [0.2, 0.25) is 0 Å². The highest BCUT2D eigenvalue weighted by atomic mass is 19.1. The Balaban J connectivity index is 1.94. The van der Waals surface area contributed by atoms with E-state index in [1.165, 1.54) is 18.9 Å². The number of nitrogens with one attached hydrogen (secondary N) is 1. The fourth-order valence-electron chi connectivity index (χ4n) is 2.23. The van der Waals surface area contributed by atoms with Gasteiger partial charge in [0.05, 0.1) is 16.9 Å². The lowest BCUT2D eigenvalue weighted by Gasteiger charge is -2.20. The van der Waals surface area contributed by atoms with Crippen molar-refractivity contribution >= 4 is 23.1 Å². The van der Waals surface area contributed by atoms with E-state index in [0.717, 1.165) is 12.6 Å². The summed E-state index contributed by atoms with van der Waals surface area (Å²) in [6, 6.07) is 2.68. The molecular weight excluding hydrogens is 235 g/mol. The molecule has 94 valence electrons. The minimum Gasteiger partial charge on any atom is -0.372 e. The van der Waals surface area contributed by atoms with Crippen molar-refractivity contribution in [2.75, 3.05) is 23.8 Å². The first kappa shape index (κ1) is 11.2. The third-order valence-corrected chi connectivity index (χ3v) is 3.43. The molecule has 3 rings (SSSR count). The average molecular weight is 248 g/mol. The molecule has 1 aliphatic heterocycles. The van der Waals surface area contributed by atoms with Crippen LogP contribution < -0.4 is 10.2 Å². The molecule has 5 heteroatoms. The van der Waals surface area contributed by atoms with Crippen molar-refractivity contribution in [3.63, 3.8) is 0 Å². The molecule has 1 N–H and O–H groups in total. The first-order valence-corrected chi connectivity index (χ1v) is 5.96. The van der Waals surface area contributed by atoms with Gasteiger partial charge in [-0.05, 0) is 30.9 Å². The lowest BCUT2D eigenvalue weighted by Crippen LogP contribution is -2.21. The van der Waals surface area contributed by atoms with Crippen LogP contribution in [0.5, 0.6) is 0 Å². The van der Waals surface area contributed by atoms with Crippen molar-refractivity contribution < 1.29 is 14.0 Å². The van der Waals surface area contributed by atoms with Gasteiger partial charge in [-0.2, -0.15) is 0 Å².